The quantitative estimate of drug-likeness (QED) is 0.519. The van der Waals surface area contributed by atoms with Crippen LogP contribution in [-0.4, -0.2) is 87.0 Å². The number of fused-ring (bicyclic) bond motifs is 1. The Morgan fingerprint density at radius 2 is 1.82 bits per heavy atom. The van der Waals surface area contributed by atoms with Crippen molar-refractivity contribution in [2.45, 2.75) is 96.5 Å². The van der Waals surface area contributed by atoms with Crippen LogP contribution >= 0.6 is 0 Å². The first-order chi connectivity index (χ1) is 18.6. The third-order valence-electron chi connectivity index (χ3n) is 8.46. The van der Waals surface area contributed by atoms with Crippen LogP contribution in [0.1, 0.15) is 84.9 Å². The van der Waals surface area contributed by atoms with E-state index in [9.17, 15) is 15.3 Å². The number of rotatable bonds is 2. The third kappa shape index (κ3) is 5.23. The Kier molecular flexibility index (Phi) is 7.58. The van der Waals surface area contributed by atoms with Gasteiger partial charge in [0.15, 0.2) is 17.4 Å². The molecule has 0 unspecified atom stereocenters. The number of hydrogen-bond donors (Lipinski definition) is 2. The highest BCUT2D eigenvalue weighted by Gasteiger charge is 2.60. The summed E-state index contributed by atoms with van der Waals surface area (Å²) in [5.41, 5.74) is -0.160. The van der Waals surface area contributed by atoms with Crippen molar-refractivity contribution in [3.63, 3.8) is 0 Å². The molecule has 1 aromatic heterocycles. The molecule has 4 aliphatic rings. The smallest absolute Gasteiger partial charge is 0.410 e. The number of ether oxygens (including phenoxy) is 3. The summed E-state index contributed by atoms with van der Waals surface area (Å²) in [6.07, 6.45) is 7.63. The lowest BCUT2D eigenvalue weighted by Crippen LogP contribution is -2.57. The van der Waals surface area contributed by atoms with Gasteiger partial charge in [0, 0.05) is 43.4 Å². The van der Waals surface area contributed by atoms with Crippen LogP contribution in [0.3, 0.4) is 0 Å². The van der Waals surface area contributed by atoms with Crippen molar-refractivity contribution in [2.75, 3.05) is 37.7 Å². The van der Waals surface area contributed by atoms with E-state index in [1.807, 2.05) is 32.6 Å². The SMILES string of the molecule is C[C@H]1CN(C(=O)OC(C)(C)C)CCCN1c1ncnc(/C(O)=C2\CCC[C@@]3(CCCCC34OCCO4)C2=N)n1. The molecule has 11 heteroatoms. The van der Waals surface area contributed by atoms with Crippen molar-refractivity contribution in [1.82, 2.24) is 19.9 Å². The molecule has 2 atom stereocenters. The highest BCUT2D eigenvalue weighted by Crippen LogP contribution is 2.56. The number of carbonyl (C=O) groups is 1. The second-order valence-electron chi connectivity index (χ2n) is 12.2. The van der Waals surface area contributed by atoms with Gasteiger partial charge in [-0.15, -0.1) is 0 Å². The fourth-order valence-electron chi connectivity index (χ4n) is 6.69. The first kappa shape index (κ1) is 27.8. The zero-order valence-corrected chi connectivity index (χ0v) is 23.7. The third-order valence-corrected chi connectivity index (χ3v) is 8.46. The minimum atomic E-state index is -0.778. The van der Waals surface area contributed by atoms with E-state index in [-0.39, 0.29) is 23.7 Å². The van der Waals surface area contributed by atoms with E-state index in [4.69, 9.17) is 14.2 Å². The van der Waals surface area contributed by atoms with Crippen LogP contribution in [0.5, 0.6) is 0 Å². The van der Waals surface area contributed by atoms with Crippen LogP contribution in [0.25, 0.3) is 5.76 Å². The Hall–Kier alpha value is -2.79. The number of anilines is 1. The minimum Gasteiger partial charge on any atom is -0.504 e. The summed E-state index contributed by atoms with van der Waals surface area (Å²) in [4.78, 5) is 29.8. The van der Waals surface area contributed by atoms with Gasteiger partial charge in [0.05, 0.1) is 18.6 Å². The maximum absolute atomic E-state index is 12.7. The fourth-order valence-corrected chi connectivity index (χ4v) is 6.69. The molecule has 11 nitrogen and oxygen atoms in total. The van der Waals surface area contributed by atoms with E-state index in [0.29, 0.717) is 56.5 Å². The first-order valence-corrected chi connectivity index (χ1v) is 14.3. The van der Waals surface area contributed by atoms with Crippen molar-refractivity contribution < 1.29 is 24.1 Å². The number of carbonyl (C=O) groups excluding carboxylic acids is 1. The van der Waals surface area contributed by atoms with Crippen LogP contribution in [-0.2, 0) is 14.2 Å². The average molecular weight is 543 g/mol. The molecule has 2 aliphatic carbocycles. The molecule has 2 aliphatic heterocycles. The first-order valence-electron chi connectivity index (χ1n) is 14.3. The lowest BCUT2D eigenvalue weighted by Gasteiger charge is -2.52. The van der Waals surface area contributed by atoms with Gasteiger partial charge in [-0.3, -0.25) is 0 Å². The molecular weight excluding hydrogens is 500 g/mol. The van der Waals surface area contributed by atoms with E-state index in [2.05, 4.69) is 15.0 Å². The summed E-state index contributed by atoms with van der Waals surface area (Å²) in [5, 5.41) is 20.7. The van der Waals surface area contributed by atoms with E-state index in [1.54, 1.807) is 4.90 Å². The Morgan fingerprint density at radius 1 is 1.10 bits per heavy atom. The zero-order chi connectivity index (χ0) is 27.8. The highest BCUT2D eigenvalue weighted by atomic mass is 16.7. The van der Waals surface area contributed by atoms with E-state index >= 15 is 0 Å². The summed E-state index contributed by atoms with van der Waals surface area (Å²) >= 11 is 0. The second kappa shape index (κ2) is 10.6. The molecule has 2 saturated heterocycles. The number of aromatic nitrogens is 3. The summed E-state index contributed by atoms with van der Waals surface area (Å²) in [5.74, 6) is -0.242. The van der Waals surface area contributed by atoms with Gasteiger partial charge in [0.1, 0.15) is 11.9 Å². The van der Waals surface area contributed by atoms with Crippen LogP contribution in [0.2, 0.25) is 0 Å². The lowest BCUT2D eigenvalue weighted by molar-refractivity contribution is -0.236. The molecule has 0 bridgehead atoms. The molecule has 0 aromatic carbocycles. The number of aliphatic hydroxyl groups excluding tert-OH is 1. The van der Waals surface area contributed by atoms with Crippen LogP contribution < -0.4 is 4.90 Å². The normalized spacial score (nSPS) is 29.0. The number of hydrogen-bond acceptors (Lipinski definition) is 10. The summed E-state index contributed by atoms with van der Waals surface area (Å²) in [6.45, 7) is 10.4. The lowest BCUT2D eigenvalue weighted by atomic mass is 9.59. The molecule has 39 heavy (non-hydrogen) atoms. The number of nitrogens with one attached hydrogen (secondary N) is 1. The van der Waals surface area contributed by atoms with Gasteiger partial charge in [0.25, 0.3) is 0 Å². The molecular formula is C28H42N6O5. The standard InChI is InChI=1S/C28H42N6O5/c1-19-17-33(25(36)39-26(2,3)4)13-8-14-34(19)24-31-18-30-23(32-24)21(35)20-9-7-11-27(22(20)29)10-5-6-12-28(27)37-15-16-38-28/h18-19,29,35H,5-17H2,1-4H3/b21-20-,29-22?/t19-,27-/m0/s1. The Morgan fingerprint density at radius 3 is 2.56 bits per heavy atom. The largest absolute Gasteiger partial charge is 0.504 e. The molecule has 4 fully saturated rings. The van der Waals surface area contributed by atoms with E-state index < -0.39 is 16.8 Å². The number of allylic oxidation sites excluding steroid dienone is 1. The van der Waals surface area contributed by atoms with Gasteiger partial charge in [-0.1, -0.05) is 6.42 Å². The molecule has 5 rings (SSSR count). The van der Waals surface area contributed by atoms with Gasteiger partial charge in [-0.25, -0.2) is 14.8 Å². The van der Waals surface area contributed by atoms with Gasteiger partial charge in [-0.2, -0.15) is 4.98 Å². The van der Waals surface area contributed by atoms with E-state index in [1.165, 1.54) is 6.33 Å². The van der Waals surface area contributed by atoms with E-state index in [0.717, 1.165) is 44.9 Å². The van der Waals surface area contributed by atoms with Crippen molar-refractivity contribution in [1.29, 1.82) is 5.41 Å². The van der Waals surface area contributed by atoms with Crippen molar-refractivity contribution in [3.05, 3.63) is 17.7 Å². The van der Waals surface area contributed by atoms with Gasteiger partial charge in [-0.05, 0) is 66.2 Å². The average Bonchev–Trinajstić information content (AvgIpc) is 3.28. The number of amides is 1. The monoisotopic (exact) mass is 542 g/mol. The Labute approximate surface area is 230 Å². The Bertz CT molecular complexity index is 1120. The molecule has 0 radical (unpaired) electrons. The molecule has 3 heterocycles. The molecule has 2 spiro atoms. The highest BCUT2D eigenvalue weighted by molar-refractivity contribution is 6.07. The fraction of sp³-hybridized carbons (Fsp3) is 0.750. The second-order valence-corrected chi connectivity index (χ2v) is 12.2. The molecule has 1 aromatic rings. The van der Waals surface area contributed by atoms with Crippen molar-refractivity contribution >= 4 is 23.5 Å². The number of nitrogens with zero attached hydrogens (tertiary/aromatic N) is 5. The zero-order valence-electron chi connectivity index (χ0n) is 23.7. The van der Waals surface area contributed by atoms with Crippen LogP contribution in [0.4, 0.5) is 10.7 Å². The molecule has 2 saturated carbocycles. The number of aliphatic hydroxyl groups is 1. The summed E-state index contributed by atoms with van der Waals surface area (Å²) in [7, 11) is 0. The molecule has 2 N–H and O–H groups in total. The topological polar surface area (TPSA) is 134 Å². The predicted molar refractivity (Wildman–Crippen MR) is 146 cm³/mol. The Balaban J connectivity index is 1.39. The summed E-state index contributed by atoms with van der Waals surface area (Å²) in [6, 6.07) is -0.0694. The van der Waals surface area contributed by atoms with Gasteiger partial charge in [0.2, 0.25) is 5.95 Å². The van der Waals surface area contributed by atoms with Crippen molar-refractivity contribution in [2.24, 2.45) is 5.41 Å². The maximum Gasteiger partial charge on any atom is 0.410 e. The van der Waals surface area contributed by atoms with Gasteiger partial charge >= 0.3 is 6.09 Å². The molecule has 1 amide bonds. The van der Waals surface area contributed by atoms with Crippen LogP contribution in [0.15, 0.2) is 11.9 Å². The molecule has 214 valence electrons. The predicted octanol–water partition coefficient (Wildman–Crippen LogP) is 4.48. The maximum atomic E-state index is 12.7. The summed E-state index contributed by atoms with van der Waals surface area (Å²) < 4.78 is 18.0. The van der Waals surface area contributed by atoms with Crippen LogP contribution in [0, 0.1) is 10.8 Å². The van der Waals surface area contributed by atoms with Gasteiger partial charge < -0.3 is 34.5 Å². The minimum absolute atomic E-state index is 0.0694. The van der Waals surface area contributed by atoms with Crippen molar-refractivity contribution in [3.8, 4) is 0 Å².